The summed E-state index contributed by atoms with van der Waals surface area (Å²) in [6.45, 7) is 5.21. The number of aryl methyl sites for hydroxylation is 2. The van der Waals surface area contributed by atoms with Gasteiger partial charge in [-0.05, 0) is 32.8 Å². The Hall–Kier alpha value is -2.37. The molecule has 1 aliphatic carbocycles. The predicted octanol–water partition coefficient (Wildman–Crippen LogP) is 1.73. The van der Waals surface area contributed by atoms with Crippen LogP contribution in [0.2, 0.25) is 0 Å². The first-order valence-electron chi connectivity index (χ1n) is 8.49. The van der Waals surface area contributed by atoms with E-state index in [4.69, 9.17) is 0 Å². The monoisotopic (exact) mass is 326 g/mol. The van der Waals surface area contributed by atoms with E-state index < -0.39 is 0 Å². The number of rotatable bonds is 2. The van der Waals surface area contributed by atoms with E-state index in [-0.39, 0.29) is 11.5 Å². The van der Waals surface area contributed by atoms with E-state index in [1.165, 1.54) is 17.5 Å². The number of nitrogens with zero attached hydrogens (tertiary/aromatic N) is 4. The highest BCUT2D eigenvalue weighted by Crippen LogP contribution is 2.38. The molecular weight excluding hydrogens is 304 g/mol. The van der Waals surface area contributed by atoms with Crippen molar-refractivity contribution in [2.75, 3.05) is 6.54 Å². The standard InChI is InChI=1S/C18H22N4O2/c1-11-8-15(12(2)22(11)14-4-5-14)18(24)21-7-6-16-13(10-21)9-17(23)20(3)19-16/h8-9,14H,4-7,10H2,1-3H3. The Labute approximate surface area is 140 Å². The fourth-order valence-electron chi connectivity index (χ4n) is 3.73. The average Bonchev–Trinajstić information content (AvgIpc) is 3.33. The Bertz CT molecular complexity index is 889. The highest BCUT2D eigenvalue weighted by atomic mass is 16.2. The van der Waals surface area contributed by atoms with Gasteiger partial charge < -0.3 is 9.47 Å². The van der Waals surface area contributed by atoms with Gasteiger partial charge in [-0.25, -0.2) is 4.68 Å². The molecule has 6 nitrogen and oxygen atoms in total. The Balaban J connectivity index is 1.63. The van der Waals surface area contributed by atoms with Gasteiger partial charge in [0.05, 0.1) is 11.3 Å². The molecule has 0 N–H and O–H groups in total. The van der Waals surface area contributed by atoms with Gasteiger partial charge in [0.25, 0.3) is 11.5 Å². The fourth-order valence-corrected chi connectivity index (χ4v) is 3.73. The van der Waals surface area contributed by atoms with Crippen LogP contribution in [0.25, 0.3) is 0 Å². The molecule has 1 aliphatic heterocycles. The Morgan fingerprint density at radius 2 is 2.00 bits per heavy atom. The normalized spacial score (nSPS) is 17.0. The lowest BCUT2D eigenvalue weighted by Crippen LogP contribution is -2.38. The molecule has 126 valence electrons. The third-order valence-corrected chi connectivity index (χ3v) is 5.15. The van der Waals surface area contributed by atoms with Crippen LogP contribution in [0, 0.1) is 13.8 Å². The molecule has 0 radical (unpaired) electrons. The highest BCUT2D eigenvalue weighted by molar-refractivity contribution is 5.95. The van der Waals surface area contributed by atoms with Gasteiger partial charge in [0.1, 0.15) is 0 Å². The molecule has 0 atom stereocenters. The predicted molar refractivity (Wildman–Crippen MR) is 90.1 cm³/mol. The quantitative estimate of drug-likeness (QED) is 0.844. The number of carbonyl (C=O) groups excluding carboxylic acids is 1. The van der Waals surface area contributed by atoms with Gasteiger partial charge in [-0.1, -0.05) is 0 Å². The first-order chi connectivity index (χ1) is 11.5. The first-order valence-corrected chi connectivity index (χ1v) is 8.49. The van der Waals surface area contributed by atoms with Crippen LogP contribution in [0.5, 0.6) is 0 Å². The maximum absolute atomic E-state index is 13.0. The van der Waals surface area contributed by atoms with E-state index in [9.17, 15) is 9.59 Å². The van der Waals surface area contributed by atoms with Gasteiger partial charge in [0.2, 0.25) is 0 Å². The molecule has 4 rings (SSSR count). The second-order valence-electron chi connectivity index (χ2n) is 6.94. The molecule has 2 aromatic rings. The van der Waals surface area contributed by atoms with Crippen molar-refractivity contribution in [2.24, 2.45) is 7.05 Å². The molecule has 24 heavy (non-hydrogen) atoms. The van der Waals surface area contributed by atoms with Gasteiger partial charge in [-0.15, -0.1) is 0 Å². The van der Waals surface area contributed by atoms with Gasteiger partial charge >= 0.3 is 0 Å². The second-order valence-corrected chi connectivity index (χ2v) is 6.94. The molecule has 1 amide bonds. The zero-order chi connectivity index (χ0) is 17.0. The molecule has 1 fully saturated rings. The Kier molecular flexibility index (Phi) is 3.37. The summed E-state index contributed by atoms with van der Waals surface area (Å²) < 4.78 is 3.65. The fraction of sp³-hybridized carbons (Fsp3) is 0.500. The number of fused-ring (bicyclic) bond motifs is 1. The number of carbonyl (C=O) groups is 1. The summed E-state index contributed by atoms with van der Waals surface area (Å²) in [7, 11) is 1.66. The number of hydrogen-bond acceptors (Lipinski definition) is 3. The summed E-state index contributed by atoms with van der Waals surface area (Å²) in [5.74, 6) is 0.0568. The van der Waals surface area contributed by atoms with Crippen molar-refractivity contribution in [1.82, 2.24) is 19.2 Å². The van der Waals surface area contributed by atoms with Crippen LogP contribution in [0.15, 0.2) is 16.9 Å². The SMILES string of the molecule is Cc1cc(C(=O)N2CCc3nn(C)c(=O)cc3C2)c(C)n1C1CC1. The zero-order valence-corrected chi connectivity index (χ0v) is 14.4. The molecule has 3 heterocycles. The summed E-state index contributed by atoms with van der Waals surface area (Å²) in [4.78, 5) is 26.7. The number of hydrogen-bond donors (Lipinski definition) is 0. The molecule has 0 aromatic carbocycles. The summed E-state index contributed by atoms with van der Waals surface area (Å²) in [5, 5.41) is 4.31. The third kappa shape index (κ3) is 2.37. The lowest BCUT2D eigenvalue weighted by molar-refractivity contribution is 0.0732. The van der Waals surface area contributed by atoms with Crippen LogP contribution in [-0.4, -0.2) is 31.7 Å². The van der Waals surface area contributed by atoms with Crippen molar-refractivity contribution in [1.29, 1.82) is 0 Å². The molecule has 0 saturated heterocycles. The summed E-state index contributed by atoms with van der Waals surface area (Å²) in [5.41, 5.74) is 4.67. The van der Waals surface area contributed by atoms with E-state index in [2.05, 4.69) is 16.6 Å². The summed E-state index contributed by atoms with van der Waals surface area (Å²) >= 11 is 0. The van der Waals surface area contributed by atoms with Crippen molar-refractivity contribution in [3.05, 3.63) is 50.7 Å². The molecule has 0 unspecified atom stereocenters. The highest BCUT2D eigenvalue weighted by Gasteiger charge is 2.30. The van der Waals surface area contributed by atoms with E-state index in [0.717, 1.165) is 28.2 Å². The summed E-state index contributed by atoms with van der Waals surface area (Å²) in [6, 6.07) is 4.18. The van der Waals surface area contributed by atoms with E-state index in [1.807, 2.05) is 17.9 Å². The van der Waals surface area contributed by atoms with E-state index in [0.29, 0.717) is 25.6 Å². The molecule has 2 aromatic heterocycles. The van der Waals surface area contributed by atoms with Crippen LogP contribution in [0.4, 0.5) is 0 Å². The van der Waals surface area contributed by atoms with E-state index >= 15 is 0 Å². The molecule has 6 heteroatoms. The Morgan fingerprint density at radius 3 is 2.71 bits per heavy atom. The Morgan fingerprint density at radius 1 is 1.25 bits per heavy atom. The largest absolute Gasteiger partial charge is 0.345 e. The van der Waals surface area contributed by atoms with Crippen LogP contribution < -0.4 is 5.56 Å². The minimum absolute atomic E-state index is 0.0568. The van der Waals surface area contributed by atoms with Crippen LogP contribution >= 0.6 is 0 Å². The van der Waals surface area contributed by atoms with Gasteiger partial charge in [-0.3, -0.25) is 9.59 Å². The summed E-state index contributed by atoms with van der Waals surface area (Å²) in [6.07, 6.45) is 3.10. The van der Waals surface area contributed by atoms with Gasteiger partial charge in [-0.2, -0.15) is 5.10 Å². The first kappa shape index (κ1) is 15.2. The van der Waals surface area contributed by atoms with Crippen LogP contribution in [-0.2, 0) is 20.0 Å². The smallest absolute Gasteiger partial charge is 0.266 e. The van der Waals surface area contributed by atoms with Crippen LogP contribution in [0.1, 0.15) is 51.9 Å². The van der Waals surface area contributed by atoms with Crippen LogP contribution in [0.3, 0.4) is 0 Å². The number of aromatic nitrogens is 3. The molecule has 1 saturated carbocycles. The van der Waals surface area contributed by atoms with Crippen molar-refractivity contribution in [2.45, 2.75) is 45.7 Å². The minimum atomic E-state index is -0.130. The van der Waals surface area contributed by atoms with Crippen molar-refractivity contribution in [3.63, 3.8) is 0 Å². The van der Waals surface area contributed by atoms with Crippen molar-refractivity contribution in [3.8, 4) is 0 Å². The molecule has 0 spiro atoms. The minimum Gasteiger partial charge on any atom is -0.345 e. The maximum Gasteiger partial charge on any atom is 0.266 e. The molecule has 2 aliphatic rings. The topological polar surface area (TPSA) is 60.1 Å². The third-order valence-electron chi connectivity index (χ3n) is 5.15. The molecule has 0 bridgehead atoms. The van der Waals surface area contributed by atoms with E-state index in [1.54, 1.807) is 13.1 Å². The number of amides is 1. The van der Waals surface area contributed by atoms with Gasteiger partial charge in [0, 0.05) is 55.6 Å². The zero-order valence-electron chi connectivity index (χ0n) is 14.4. The maximum atomic E-state index is 13.0. The molecular formula is C18H22N4O2. The van der Waals surface area contributed by atoms with Gasteiger partial charge in [0.15, 0.2) is 0 Å². The second kappa shape index (κ2) is 5.33. The lowest BCUT2D eigenvalue weighted by atomic mass is 10.1. The lowest BCUT2D eigenvalue weighted by Gasteiger charge is -2.28. The average molecular weight is 326 g/mol. The van der Waals surface area contributed by atoms with Crippen molar-refractivity contribution >= 4 is 5.91 Å². The van der Waals surface area contributed by atoms with Crippen molar-refractivity contribution < 1.29 is 4.79 Å².